The largest absolute Gasteiger partial charge is 0.390 e. The third-order valence-electron chi connectivity index (χ3n) is 0.960. The molecule has 4 nitrogen and oxygen atoms in total. The Morgan fingerprint density at radius 1 is 1.18 bits per heavy atom. The monoisotopic (exact) mass is 166 g/mol. The van der Waals surface area contributed by atoms with E-state index in [-0.39, 0.29) is 6.07 Å². The van der Waals surface area contributed by atoms with Gasteiger partial charge in [0.15, 0.2) is 0 Å². The minimum absolute atomic E-state index is 0.0153. The van der Waals surface area contributed by atoms with Crippen LogP contribution in [0.15, 0.2) is 15.7 Å². The SMILES string of the molecule is O=c1cc(F)n(F)c(=O)n1F. The van der Waals surface area contributed by atoms with Gasteiger partial charge in [-0.3, -0.25) is 4.79 Å². The summed E-state index contributed by atoms with van der Waals surface area (Å²) in [6.45, 7) is 0. The Labute approximate surface area is 57.0 Å². The van der Waals surface area contributed by atoms with E-state index >= 15 is 0 Å². The zero-order valence-corrected chi connectivity index (χ0v) is 4.92. The van der Waals surface area contributed by atoms with Crippen LogP contribution in [0.2, 0.25) is 0 Å². The van der Waals surface area contributed by atoms with Gasteiger partial charge >= 0.3 is 5.69 Å². The van der Waals surface area contributed by atoms with E-state index < -0.39 is 26.8 Å². The highest BCUT2D eigenvalue weighted by Gasteiger charge is 2.09. The first-order valence-electron chi connectivity index (χ1n) is 2.41. The standard InChI is InChI=1S/C4HF3N2O2/c5-2-1-3(10)9(7)4(11)8(2)6/h1H. The van der Waals surface area contributed by atoms with Crippen molar-refractivity contribution < 1.29 is 13.4 Å². The maximum atomic E-state index is 12.0. The molecular weight excluding hydrogens is 165 g/mol. The Morgan fingerprint density at radius 2 is 1.73 bits per heavy atom. The number of aromatic nitrogens is 2. The molecule has 0 amide bonds. The van der Waals surface area contributed by atoms with Gasteiger partial charge in [-0.25, -0.2) is 4.79 Å². The molecule has 0 aliphatic heterocycles. The minimum Gasteiger partial charge on any atom is -0.266 e. The molecule has 1 aromatic rings. The van der Waals surface area contributed by atoms with Gasteiger partial charge in [0.2, 0.25) is 5.95 Å². The summed E-state index contributed by atoms with van der Waals surface area (Å²) in [5.41, 5.74) is -3.53. The Hall–Kier alpha value is -1.53. The third-order valence-corrected chi connectivity index (χ3v) is 0.960. The molecule has 0 atom stereocenters. The normalized spacial score (nSPS) is 10.1. The van der Waals surface area contributed by atoms with Crippen molar-refractivity contribution in [2.75, 3.05) is 0 Å². The second kappa shape index (κ2) is 2.26. The highest BCUT2D eigenvalue weighted by atomic mass is 19.2. The van der Waals surface area contributed by atoms with Gasteiger partial charge in [0.1, 0.15) is 0 Å². The van der Waals surface area contributed by atoms with E-state index in [2.05, 4.69) is 0 Å². The van der Waals surface area contributed by atoms with Crippen LogP contribution < -0.4 is 11.2 Å². The minimum atomic E-state index is -1.99. The van der Waals surface area contributed by atoms with Crippen molar-refractivity contribution in [2.45, 2.75) is 0 Å². The highest BCUT2D eigenvalue weighted by Crippen LogP contribution is 1.87. The van der Waals surface area contributed by atoms with E-state index in [4.69, 9.17) is 0 Å². The number of nitrogens with zero attached hydrogens (tertiary/aromatic N) is 2. The molecule has 0 aliphatic rings. The molecule has 0 aromatic carbocycles. The molecule has 11 heavy (non-hydrogen) atoms. The molecule has 0 fully saturated rings. The van der Waals surface area contributed by atoms with Crippen molar-refractivity contribution in [2.24, 2.45) is 0 Å². The van der Waals surface area contributed by atoms with Gasteiger partial charge in [-0.1, -0.05) is 18.5 Å². The highest BCUT2D eigenvalue weighted by molar-refractivity contribution is 4.85. The Bertz CT molecular complexity index is 393. The lowest BCUT2D eigenvalue weighted by Gasteiger charge is -1.92. The molecule has 0 saturated heterocycles. The second-order valence-electron chi connectivity index (χ2n) is 1.65. The molecular formula is C4HF3N2O2. The smallest absolute Gasteiger partial charge is 0.266 e. The van der Waals surface area contributed by atoms with Crippen LogP contribution in [-0.4, -0.2) is 9.58 Å². The first-order valence-corrected chi connectivity index (χ1v) is 2.41. The maximum absolute atomic E-state index is 12.0. The quantitative estimate of drug-likeness (QED) is 0.493. The van der Waals surface area contributed by atoms with E-state index in [0.717, 1.165) is 0 Å². The van der Waals surface area contributed by atoms with Crippen molar-refractivity contribution in [3.8, 4) is 0 Å². The summed E-state index contributed by atoms with van der Waals surface area (Å²) in [6, 6.07) is 0.0153. The number of hydrogen-bond acceptors (Lipinski definition) is 2. The molecule has 0 bridgehead atoms. The van der Waals surface area contributed by atoms with Gasteiger partial charge in [0.25, 0.3) is 5.56 Å². The topological polar surface area (TPSA) is 44.0 Å². The van der Waals surface area contributed by atoms with Crippen LogP contribution in [0.25, 0.3) is 0 Å². The average Bonchev–Trinajstić information content (AvgIpc) is 1.97. The lowest BCUT2D eigenvalue weighted by atomic mass is 10.6. The van der Waals surface area contributed by atoms with Gasteiger partial charge < -0.3 is 0 Å². The predicted molar refractivity (Wildman–Crippen MR) is 27.9 cm³/mol. The molecule has 1 heterocycles. The van der Waals surface area contributed by atoms with Crippen molar-refractivity contribution >= 4 is 0 Å². The number of halogens is 3. The van der Waals surface area contributed by atoms with Crippen LogP contribution in [0.1, 0.15) is 0 Å². The van der Waals surface area contributed by atoms with E-state index in [1.807, 2.05) is 0 Å². The molecule has 1 rings (SSSR count). The molecule has 60 valence electrons. The molecule has 0 saturated carbocycles. The first kappa shape index (κ1) is 7.58. The second-order valence-corrected chi connectivity index (χ2v) is 1.65. The summed E-state index contributed by atoms with van der Waals surface area (Å²) in [5.74, 6) is -1.73. The lowest BCUT2D eigenvalue weighted by Crippen LogP contribution is -2.34. The van der Waals surface area contributed by atoms with Gasteiger partial charge in [-0.2, -0.15) is 4.39 Å². The third kappa shape index (κ3) is 1.04. The summed E-state index contributed by atoms with van der Waals surface area (Å²) < 4.78 is 36.1. The zero-order valence-electron chi connectivity index (χ0n) is 4.92. The first-order chi connectivity index (χ1) is 5.04. The van der Waals surface area contributed by atoms with Gasteiger partial charge in [0.05, 0.1) is 6.07 Å². The van der Waals surface area contributed by atoms with Gasteiger partial charge in [-0.05, 0) is 0 Å². The lowest BCUT2D eigenvalue weighted by molar-refractivity contribution is 0.220. The molecule has 0 spiro atoms. The number of rotatable bonds is 0. The summed E-state index contributed by atoms with van der Waals surface area (Å²) in [6.07, 6.45) is 0. The summed E-state index contributed by atoms with van der Waals surface area (Å²) in [5, 5.41) is 0. The average molecular weight is 166 g/mol. The van der Waals surface area contributed by atoms with Crippen LogP contribution in [0, 0.1) is 5.95 Å². The summed E-state index contributed by atoms with van der Waals surface area (Å²) >= 11 is 0. The number of hydrogen-bond donors (Lipinski definition) is 0. The molecule has 0 aliphatic carbocycles. The van der Waals surface area contributed by atoms with Crippen molar-refractivity contribution in [3.63, 3.8) is 0 Å². The fourth-order valence-electron chi connectivity index (χ4n) is 0.478. The Kier molecular flexibility index (Phi) is 1.55. The maximum Gasteiger partial charge on any atom is 0.390 e. The van der Waals surface area contributed by atoms with E-state index in [0.29, 0.717) is 0 Å². The fourth-order valence-corrected chi connectivity index (χ4v) is 0.478. The van der Waals surface area contributed by atoms with E-state index in [9.17, 15) is 22.9 Å². The molecule has 7 heteroatoms. The van der Waals surface area contributed by atoms with Crippen LogP contribution in [0.4, 0.5) is 13.4 Å². The van der Waals surface area contributed by atoms with E-state index in [1.165, 1.54) is 0 Å². The van der Waals surface area contributed by atoms with E-state index in [1.54, 1.807) is 0 Å². The molecule has 0 unspecified atom stereocenters. The fraction of sp³-hybridized carbons (Fsp3) is 0. The van der Waals surface area contributed by atoms with Crippen molar-refractivity contribution in [1.29, 1.82) is 0 Å². The van der Waals surface area contributed by atoms with Crippen LogP contribution in [-0.2, 0) is 0 Å². The molecule has 0 N–H and O–H groups in total. The summed E-state index contributed by atoms with van der Waals surface area (Å²) in [4.78, 5) is 18.2. The van der Waals surface area contributed by atoms with Crippen LogP contribution in [0.3, 0.4) is 0 Å². The molecule has 0 radical (unpaired) electrons. The Balaban J connectivity index is 3.74. The van der Waals surface area contributed by atoms with Crippen molar-refractivity contribution in [3.05, 3.63) is 32.9 Å². The zero-order chi connectivity index (χ0) is 8.59. The van der Waals surface area contributed by atoms with Crippen LogP contribution >= 0.6 is 0 Å². The molecule has 1 aromatic heterocycles. The van der Waals surface area contributed by atoms with Gasteiger partial charge in [0, 0.05) is 0 Å². The predicted octanol–water partition coefficient (Wildman–Crippen LogP) is -0.386. The van der Waals surface area contributed by atoms with Crippen LogP contribution in [0.5, 0.6) is 0 Å². The van der Waals surface area contributed by atoms with Gasteiger partial charge in [-0.15, -0.1) is 0 Å². The summed E-state index contributed by atoms with van der Waals surface area (Å²) in [7, 11) is 0. The van der Waals surface area contributed by atoms with Crippen molar-refractivity contribution in [1.82, 2.24) is 9.58 Å². The Morgan fingerprint density at radius 3 is 2.27 bits per heavy atom.